The summed E-state index contributed by atoms with van der Waals surface area (Å²) in [7, 11) is 2.42. The molecule has 0 radical (unpaired) electrons. The van der Waals surface area contributed by atoms with Crippen molar-refractivity contribution in [3.05, 3.63) is 11.6 Å². The maximum Gasteiger partial charge on any atom is 0.0158 e. The monoisotopic (exact) mass is 688 g/mol. The lowest BCUT2D eigenvalue weighted by Crippen LogP contribution is -2.12. The van der Waals surface area contributed by atoms with Crippen molar-refractivity contribution in [3.8, 4) is 0 Å². The molecule has 0 amide bonds. The first-order chi connectivity index (χ1) is 23.0. The van der Waals surface area contributed by atoms with Crippen molar-refractivity contribution in [1.82, 2.24) is 0 Å². The second kappa shape index (κ2) is 67.9. The van der Waals surface area contributed by atoms with Crippen LogP contribution in [0, 0.1) is 17.2 Å². The molecule has 1 N–H and O–H groups in total. The Morgan fingerprint density at radius 1 is 0.511 bits per heavy atom. The molecule has 0 spiro atoms. The summed E-state index contributed by atoms with van der Waals surface area (Å²) in [5.41, 5.74) is 2.41. The largest absolute Gasteiger partial charge is 0.309 e. The van der Waals surface area contributed by atoms with E-state index in [0.29, 0.717) is 5.92 Å². The molecule has 0 aliphatic heterocycles. The van der Waals surface area contributed by atoms with Gasteiger partial charge >= 0.3 is 0 Å². The predicted octanol–water partition coefficient (Wildman–Crippen LogP) is 18.2. The Bertz CT molecular complexity index is 484. The van der Waals surface area contributed by atoms with Crippen LogP contribution in [0.3, 0.4) is 0 Å². The van der Waals surface area contributed by atoms with E-state index in [4.69, 9.17) is 5.41 Å². The van der Waals surface area contributed by atoms with Gasteiger partial charge in [0.15, 0.2) is 0 Å². The van der Waals surface area contributed by atoms with Crippen molar-refractivity contribution < 1.29 is 0 Å². The fraction of sp³-hybridized carbons (Fsp3) is 0.933. The molecule has 0 heterocycles. The molecule has 0 aromatic rings. The Balaban J connectivity index is -0.000000107. The number of allylic oxidation sites excluding steroid dienone is 2. The first-order valence-electron chi connectivity index (χ1n) is 21.8. The molecule has 0 saturated carbocycles. The van der Waals surface area contributed by atoms with Crippen molar-refractivity contribution in [3.63, 3.8) is 0 Å². The summed E-state index contributed by atoms with van der Waals surface area (Å²) in [6, 6.07) is 0. The highest BCUT2D eigenvalue weighted by Crippen LogP contribution is 2.20. The van der Waals surface area contributed by atoms with E-state index in [9.17, 15) is 0 Å². The standard InChI is InChI=1S/C19H40.C17H33N.4C2H6.CH5P/c1-4-6-7-8-9-10-11-12-13-14-15-16-17-18-19(3)5-2;1-5-8-10-11-12-14-17(18)15(4)16(7-3)13-9-6-2;5*1-2/h19H,4-18H2,1-3H3;13,15,18H,5-12,14H2,1-4H3;4*1-2H3;2H2,1H3/b;16-13+,18-17?;;;;;. The van der Waals surface area contributed by atoms with Crippen LogP contribution in [0.4, 0.5) is 0 Å². The molecule has 2 heteroatoms. The van der Waals surface area contributed by atoms with E-state index >= 15 is 0 Å². The van der Waals surface area contributed by atoms with Crippen LogP contribution >= 0.6 is 9.24 Å². The third-order valence-electron chi connectivity index (χ3n) is 8.23. The van der Waals surface area contributed by atoms with Gasteiger partial charge in [0.1, 0.15) is 0 Å². The van der Waals surface area contributed by atoms with Gasteiger partial charge in [-0.25, -0.2) is 0 Å². The molecular formula is C45H102NP. The summed E-state index contributed by atoms with van der Waals surface area (Å²) in [4.78, 5) is 0. The van der Waals surface area contributed by atoms with Gasteiger partial charge in [-0.05, 0) is 31.6 Å². The Morgan fingerprint density at radius 3 is 1.17 bits per heavy atom. The van der Waals surface area contributed by atoms with Gasteiger partial charge in [-0.2, -0.15) is 0 Å². The first kappa shape index (κ1) is 62.0. The van der Waals surface area contributed by atoms with E-state index in [1.165, 1.54) is 140 Å². The highest BCUT2D eigenvalue weighted by atomic mass is 31.0. The first-order valence-corrected chi connectivity index (χ1v) is 23.0. The fourth-order valence-electron chi connectivity index (χ4n) is 5.03. The molecule has 47 heavy (non-hydrogen) atoms. The molecule has 0 aliphatic carbocycles. The SMILES string of the molecule is CC.CC.CC.CC.CCC/C=C(\CC)C(C)C(=N)CCCCCCC.CCCCCCCCCCCCCCCC(C)CC.CP. The average Bonchev–Trinajstić information content (AvgIpc) is 3.14. The van der Waals surface area contributed by atoms with Crippen molar-refractivity contribution in [2.75, 3.05) is 6.66 Å². The zero-order chi connectivity index (χ0) is 38.0. The van der Waals surface area contributed by atoms with Gasteiger partial charge in [-0.1, -0.05) is 251 Å². The van der Waals surface area contributed by atoms with Crippen LogP contribution in [-0.2, 0) is 0 Å². The van der Waals surface area contributed by atoms with E-state index in [0.717, 1.165) is 30.9 Å². The number of hydrogen-bond donors (Lipinski definition) is 1. The predicted molar refractivity (Wildman–Crippen MR) is 234 cm³/mol. The van der Waals surface area contributed by atoms with Crippen LogP contribution < -0.4 is 0 Å². The Morgan fingerprint density at radius 2 is 0.851 bits per heavy atom. The lowest BCUT2D eigenvalue weighted by Gasteiger charge is -2.16. The van der Waals surface area contributed by atoms with Crippen molar-refractivity contribution >= 4 is 15.0 Å². The fourth-order valence-corrected chi connectivity index (χ4v) is 5.03. The molecule has 3 atom stereocenters. The molecule has 3 unspecified atom stereocenters. The maximum atomic E-state index is 8.20. The number of unbranched alkanes of at least 4 members (excludes halogenated alkanes) is 17. The molecule has 1 nitrogen and oxygen atoms in total. The lowest BCUT2D eigenvalue weighted by molar-refractivity contribution is 0.468. The number of rotatable bonds is 26. The summed E-state index contributed by atoms with van der Waals surface area (Å²) >= 11 is 0. The number of hydrogen-bond acceptors (Lipinski definition) is 1. The van der Waals surface area contributed by atoms with Crippen molar-refractivity contribution in [2.45, 2.75) is 258 Å². The summed E-state index contributed by atoms with van der Waals surface area (Å²) in [6.07, 6.45) is 35.2. The van der Waals surface area contributed by atoms with E-state index in [2.05, 4.69) is 63.8 Å². The van der Waals surface area contributed by atoms with Gasteiger partial charge in [0.2, 0.25) is 0 Å². The third-order valence-corrected chi connectivity index (χ3v) is 8.23. The Kier molecular flexibility index (Phi) is 89.6. The topological polar surface area (TPSA) is 23.9 Å². The Hall–Kier alpha value is -0.160. The third kappa shape index (κ3) is 61.5. The highest BCUT2D eigenvalue weighted by Gasteiger charge is 2.12. The summed E-state index contributed by atoms with van der Waals surface area (Å²) in [6.45, 7) is 33.8. The normalized spacial score (nSPS) is 11.0. The molecule has 0 rings (SSSR count). The van der Waals surface area contributed by atoms with Crippen molar-refractivity contribution in [1.29, 1.82) is 5.41 Å². The molecule has 292 valence electrons. The minimum absolute atomic E-state index is 0.368. The van der Waals surface area contributed by atoms with Crippen LogP contribution in [0.1, 0.15) is 258 Å². The quantitative estimate of drug-likeness (QED) is 0.0405. The number of nitrogens with one attached hydrogen (secondary N) is 1. The minimum Gasteiger partial charge on any atom is -0.309 e. The van der Waals surface area contributed by atoms with Gasteiger partial charge in [0, 0.05) is 11.6 Å². The Labute approximate surface area is 307 Å². The van der Waals surface area contributed by atoms with E-state index < -0.39 is 0 Å². The second-order valence-corrected chi connectivity index (χ2v) is 11.9. The molecule has 0 saturated heterocycles. The second-order valence-electron chi connectivity index (χ2n) is 11.9. The van der Waals surface area contributed by atoms with E-state index in [-0.39, 0.29) is 0 Å². The lowest BCUT2D eigenvalue weighted by atomic mass is 9.90. The molecule has 0 aromatic heterocycles. The zero-order valence-corrected chi connectivity index (χ0v) is 37.9. The van der Waals surface area contributed by atoms with E-state index in [1.807, 2.05) is 62.1 Å². The van der Waals surface area contributed by atoms with Gasteiger partial charge in [-0.15, -0.1) is 9.24 Å². The molecule has 0 fully saturated rings. The molecule has 0 bridgehead atoms. The summed E-state index contributed by atoms with van der Waals surface area (Å²) in [5, 5.41) is 8.20. The summed E-state index contributed by atoms with van der Waals surface area (Å²) < 4.78 is 0. The van der Waals surface area contributed by atoms with Gasteiger partial charge < -0.3 is 5.41 Å². The molecular weight excluding hydrogens is 585 g/mol. The minimum atomic E-state index is 0.368. The highest BCUT2D eigenvalue weighted by molar-refractivity contribution is 7.15. The van der Waals surface area contributed by atoms with E-state index in [1.54, 1.807) is 0 Å². The summed E-state index contributed by atoms with van der Waals surface area (Å²) in [5.74, 6) is 1.32. The average molecular weight is 688 g/mol. The van der Waals surface area contributed by atoms with Crippen LogP contribution in [0.15, 0.2) is 11.6 Å². The molecule has 0 aromatic carbocycles. The van der Waals surface area contributed by atoms with Gasteiger partial charge in [0.05, 0.1) is 0 Å². The zero-order valence-electron chi connectivity index (χ0n) is 36.8. The van der Waals surface area contributed by atoms with Crippen molar-refractivity contribution in [2.24, 2.45) is 11.8 Å². The van der Waals surface area contributed by atoms with Gasteiger partial charge in [0.25, 0.3) is 0 Å². The molecule has 0 aliphatic rings. The van der Waals surface area contributed by atoms with Crippen LogP contribution in [0.5, 0.6) is 0 Å². The van der Waals surface area contributed by atoms with Crippen LogP contribution in [0.2, 0.25) is 0 Å². The van der Waals surface area contributed by atoms with Crippen LogP contribution in [-0.4, -0.2) is 12.4 Å². The van der Waals surface area contributed by atoms with Crippen LogP contribution in [0.25, 0.3) is 0 Å². The maximum absolute atomic E-state index is 8.20. The smallest absolute Gasteiger partial charge is 0.0158 e. The van der Waals surface area contributed by atoms with Gasteiger partial charge in [-0.3, -0.25) is 0 Å².